The van der Waals surface area contributed by atoms with E-state index in [1.807, 2.05) is 0 Å². The monoisotopic (exact) mass is 396 g/mol. The minimum atomic E-state index is 0.586. The molecule has 1 aromatic carbocycles. The van der Waals surface area contributed by atoms with Crippen LogP contribution in [0.4, 0.5) is 5.69 Å². The molecule has 2 aromatic heterocycles. The Labute approximate surface area is 170 Å². The van der Waals surface area contributed by atoms with Gasteiger partial charge in [0, 0.05) is 25.7 Å². The highest BCUT2D eigenvalue weighted by atomic mass is 35.5. The summed E-state index contributed by atoms with van der Waals surface area (Å²) in [5.74, 6) is 3.31. The van der Waals surface area contributed by atoms with E-state index in [2.05, 4.69) is 56.0 Å². The van der Waals surface area contributed by atoms with Gasteiger partial charge in [-0.15, -0.1) is 10.2 Å². The van der Waals surface area contributed by atoms with Gasteiger partial charge >= 0.3 is 0 Å². The molecular formula is C22H25ClN4O. The van der Waals surface area contributed by atoms with Crippen LogP contribution in [0.25, 0.3) is 5.65 Å². The minimum absolute atomic E-state index is 0.586. The van der Waals surface area contributed by atoms with Crippen LogP contribution in [0.15, 0.2) is 36.5 Å². The number of methoxy groups -OCH3 is 1. The van der Waals surface area contributed by atoms with Gasteiger partial charge in [0.15, 0.2) is 5.65 Å². The van der Waals surface area contributed by atoms with E-state index in [9.17, 15) is 0 Å². The Hall–Kier alpha value is -2.27. The van der Waals surface area contributed by atoms with Crippen molar-refractivity contribution in [3.8, 4) is 5.75 Å². The number of anilines is 1. The number of hydrogen-bond acceptors (Lipinski definition) is 4. The third-order valence-corrected chi connectivity index (χ3v) is 6.52. The molecule has 3 heterocycles. The average Bonchev–Trinajstić information content (AvgIpc) is 3.47. The lowest BCUT2D eigenvalue weighted by atomic mass is 9.89. The summed E-state index contributed by atoms with van der Waals surface area (Å²) < 4.78 is 7.33. The number of benzene rings is 1. The number of piperidine rings is 1. The number of hydrogen-bond donors (Lipinski definition) is 0. The Bertz CT molecular complexity index is 972. The second-order valence-corrected chi connectivity index (χ2v) is 8.38. The molecule has 0 radical (unpaired) electrons. The van der Waals surface area contributed by atoms with Gasteiger partial charge in [0.2, 0.25) is 0 Å². The summed E-state index contributed by atoms with van der Waals surface area (Å²) >= 11 is 6.75. The topological polar surface area (TPSA) is 42.7 Å². The molecule has 1 saturated carbocycles. The molecule has 2 fully saturated rings. The molecule has 0 atom stereocenters. The van der Waals surface area contributed by atoms with E-state index < -0.39 is 0 Å². The lowest BCUT2D eigenvalue weighted by Crippen LogP contribution is -2.33. The zero-order valence-corrected chi connectivity index (χ0v) is 16.9. The first-order valence-corrected chi connectivity index (χ1v) is 10.5. The van der Waals surface area contributed by atoms with Gasteiger partial charge < -0.3 is 9.64 Å². The van der Waals surface area contributed by atoms with Crippen LogP contribution in [-0.4, -0.2) is 34.8 Å². The second kappa shape index (κ2) is 7.28. The van der Waals surface area contributed by atoms with E-state index in [1.54, 1.807) is 7.11 Å². The molecule has 0 bridgehead atoms. The quantitative estimate of drug-likeness (QED) is 0.625. The highest BCUT2D eigenvalue weighted by Crippen LogP contribution is 2.36. The number of aromatic nitrogens is 3. The van der Waals surface area contributed by atoms with Crippen LogP contribution in [0.3, 0.4) is 0 Å². The summed E-state index contributed by atoms with van der Waals surface area (Å²) in [6.07, 6.45) is 7.95. The van der Waals surface area contributed by atoms with E-state index in [0.29, 0.717) is 5.92 Å². The predicted octanol–water partition coefficient (Wildman–Crippen LogP) is 4.73. The fourth-order valence-corrected chi connectivity index (χ4v) is 4.57. The van der Waals surface area contributed by atoms with E-state index in [-0.39, 0.29) is 0 Å². The van der Waals surface area contributed by atoms with Gasteiger partial charge in [-0.25, -0.2) is 0 Å². The Morgan fingerprint density at radius 2 is 1.79 bits per heavy atom. The Balaban J connectivity index is 1.31. The summed E-state index contributed by atoms with van der Waals surface area (Å²) in [5, 5.41) is 9.49. The maximum absolute atomic E-state index is 6.75. The molecule has 1 saturated heterocycles. The molecule has 5 rings (SSSR count). The van der Waals surface area contributed by atoms with Gasteiger partial charge in [-0.05, 0) is 61.3 Å². The van der Waals surface area contributed by atoms with Crippen LogP contribution in [-0.2, 0) is 6.42 Å². The fourth-order valence-electron chi connectivity index (χ4n) is 4.26. The van der Waals surface area contributed by atoms with Crippen molar-refractivity contribution in [1.29, 1.82) is 0 Å². The van der Waals surface area contributed by atoms with Crippen LogP contribution in [0.5, 0.6) is 5.75 Å². The number of halogens is 1. The second-order valence-electron chi connectivity index (χ2n) is 8.01. The first-order valence-electron chi connectivity index (χ1n) is 10.1. The van der Waals surface area contributed by atoms with Crippen LogP contribution in [0, 0.1) is 5.92 Å². The number of fused-ring (bicyclic) bond motifs is 1. The molecule has 1 aliphatic heterocycles. The van der Waals surface area contributed by atoms with Crippen LogP contribution in [0.2, 0.25) is 5.02 Å². The van der Waals surface area contributed by atoms with E-state index >= 15 is 0 Å². The van der Waals surface area contributed by atoms with Gasteiger partial charge in [-0.3, -0.25) is 4.40 Å². The third-order valence-electron chi connectivity index (χ3n) is 6.16. The first kappa shape index (κ1) is 17.8. The Morgan fingerprint density at radius 1 is 1.04 bits per heavy atom. The standard InChI is InChI=1S/C22H25ClN4O/c1-28-18-6-4-16(5-7-18)17-8-11-26(12-9-17)19-10-13-27-20(14-15-2-3-15)24-25-22(27)21(19)23/h4-7,10,13,15,17H,2-3,8-9,11-12,14H2,1H3. The molecule has 3 aromatic rings. The van der Waals surface area contributed by atoms with Crippen molar-refractivity contribution in [2.24, 2.45) is 5.92 Å². The zero-order valence-electron chi connectivity index (χ0n) is 16.1. The highest BCUT2D eigenvalue weighted by Gasteiger charge is 2.26. The molecule has 0 N–H and O–H groups in total. The van der Waals surface area contributed by atoms with E-state index in [0.717, 1.165) is 66.2 Å². The van der Waals surface area contributed by atoms with Crippen molar-refractivity contribution in [2.75, 3.05) is 25.1 Å². The van der Waals surface area contributed by atoms with Crippen LogP contribution in [0.1, 0.15) is 43.0 Å². The highest BCUT2D eigenvalue weighted by molar-refractivity contribution is 6.36. The van der Waals surface area contributed by atoms with Crippen LogP contribution >= 0.6 is 11.6 Å². The molecule has 28 heavy (non-hydrogen) atoms. The van der Waals surface area contributed by atoms with Gasteiger partial charge in [0.1, 0.15) is 16.6 Å². The maximum atomic E-state index is 6.75. The molecule has 5 nitrogen and oxygen atoms in total. The normalized spacial score (nSPS) is 18.0. The van der Waals surface area contributed by atoms with Crippen molar-refractivity contribution in [2.45, 2.75) is 38.0 Å². The van der Waals surface area contributed by atoms with Crippen molar-refractivity contribution in [3.63, 3.8) is 0 Å². The summed E-state index contributed by atoms with van der Waals surface area (Å²) in [7, 11) is 1.71. The van der Waals surface area contributed by atoms with Crippen molar-refractivity contribution >= 4 is 22.9 Å². The third kappa shape index (κ3) is 3.32. The van der Waals surface area contributed by atoms with Gasteiger partial charge in [0.05, 0.1) is 12.8 Å². The maximum Gasteiger partial charge on any atom is 0.181 e. The number of nitrogens with zero attached hydrogens (tertiary/aromatic N) is 4. The minimum Gasteiger partial charge on any atom is -0.497 e. The molecule has 0 amide bonds. The SMILES string of the molecule is COc1ccc(C2CCN(c3ccn4c(CC5CC5)nnc4c3Cl)CC2)cc1. The first-order chi connectivity index (χ1) is 13.7. The molecule has 1 aliphatic carbocycles. The lowest BCUT2D eigenvalue weighted by molar-refractivity contribution is 0.414. The van der Waals surface area contributed by atoms with E-state index in [4.69, 9.17) is 16.3 Å². The zero-order chi connectivity index (χ0) is 19.1. The predicted molar refractivity (Wildman–Crippen MR) is 112 cm³/mol. The molecule has 0 spiro atoms. The largest absolute Gasteiger partial charge is 0.497 e. The average molecular weight is 397 g/mol. The van der Waals surface area contributed by atoms with Crippen LogP contribution < -0.4 is 9.64 Å². The summed E-state index contributed by atoms with van der Waals surface area (Å²) in [4.78, 5) is 2.39. The lowest BCUT2D eigenvalue weighted by Gasteiger charge is -2.34. The summed E-state index contributed by atoms with van der Waals surface area (Å²) in [6, 6.07) is 10.6. The number of rotatable bonds is 5. The number of ether oxygens (including phenoxy) is 1. The molecule has 146 valence electrons. The molecule has 2 aliphatic rings. The van der Waals surface area contributed by atoms with E-state index in [1.165, 1.54) is 18.4 Å². The Kier molecular flexibility index (Phi) is 4.63. The summed E-state index contributed by atoms with van der Waals surface area (Å²) in [6.45, 7) is 1.99. The smallest absolute Gasteiger partial charge is 0.181 e. The van der Waals surface area contributed by atoms with Crippen molar-refractivity contribution in [1.82, 2.24) is 14.6 Å². The van der Waals surface area contributed by atoms with Gasteiger partial charge in [-0.1, -0.05) is 23.7 Å². The molecule has 0 unspecified atom stereocenters. The molecule has 6 heteroatoms. The van der Waals surface area contributed by atoms with Crippen molar-refractivity contribution < 1.29 is 4.74 Å². The fraction of sp³-hybridized carbons (Fsp3) is 0.455. The van der Waals surface area contributed by atoms with Gasteiger partial charge in [0.25, 0.3) is 0 Å². The van der Waals surface area contributed by atoms with Crippen molar-refractivity contribution in [3.05, 3.63) is 52.9 Å². The Morgan fingerprint density at radius 3 is 2.46 bits per heavy atom. The molecular weight excluding hydrogens is 372 g/mol. The van der Waals surface area contributed by atoms with Gasteiger partial charge in [-0.2, -0.15) is 0 Å². The summed E-state index contributed by atoms with van der Waals surface area (Å²) in [5.41, 5.74) is 3.25. The number of pyridine rings is 1.